The average molecular weight is 388 g/mol. The highest BCUT2D eigenvalue weighted by Crippen LogP contribution is 2.42. The average Bonchev–Trinajstić information content (AvgIpc) is 3.38. The Balaban J connectivity index is 1.63. The number of nitrogens with one attached hydrogen (secondary N) is 2. The fourth-order valence-electron chi connectivity index (χ4n) is 3.55. The molecule has 1 aliphatic rings. The Morgan fingerprint density at radius 2 is 1.89 bits per heavy atom. The normalized spacial score (nSPS) is 15.2. The summed E-state index contributed by atoms with van der Waals surface area (Å²) in [7, 11) is 3.04. The number of rotatable bonds is 6. The third kappa shape index (κ3) is 4.24. The summed E-state index contributed by atoms with van der Waals surface area (Å²) in [6, 6.07) is 9.14. The Morgan fingerprint density at radius 3 is 2.52 bits per heavy atom. The number of thiophene rings is 1. The summed E-state index contributed by atoms with van der Waals surface area (Å²) < 4.78 is 10.4. The maximum absolute atomic E-state index is 12.4. The lowest BCUT2D eigenvalue weighted by Gasteiger charge is -2.28. The van der Waals surface area contributed by atoms with Crippen LogP contribution < -0.4 is 20.1 Å². The van der Waals surface area contributed by atoms with Gasteiger partial charge in [0.25, 0.3) is 0 Å². The summed E-state index contributed by atoms with van der Waals surface area (Å²) in [5, 5.41) is 7.49. The van der Waals surface area contributed by atoms with Crippen molar-refractivity contribution in [3.8, 4) is 11.5 Å². The van der Waals surface area contributed by atoms with E-state index in [0.717, 1.165) is 25.7 Å². The number of carbonyl (C=O) groups is 2. The molecular weight excluding hydrogens is 364 g/mol. The van der Waals surface area contributed by atoms with Crippen LogP contribution in [0.2, 0.25) is 0 Å². The van der Waals surface area contributed by atoms with Gasteiger partial charge in [0.2, 0.25) is 0 Å². The van der Waals surface area contributed by atoms with Crippen molar-refractivity contribution in [2.45, 2.75) is 31.1 Å². The van der Waals surface area contributed by atoms with Gasteiger partial charge in [-0.1, -0.05) is 18.9 Å². The fourth-order valence-corrected chi connectivity index (χ4v) is 4.54. The second kappa shape index (κ2) is 8.43. The van der Waals surface area contributed by atoms with Gasteiger partial charge in [-0.3, -0.25) is 9.59 Å². The quantitative estimate of drug-likeness (QED) is 0.744. The van der Waals surface area contributed by atoms with Crippen LogP contribution in [0.5, 0.6) is 11.5 Å². The van der Waals surface area contributed by atoms with Gasteiger partial charge >= 0.3 is 11.8 Å². The molecule has 3 rings (SSSR count). The maximum atomic E-state index is 12.4. The summed E-state index contributed by atoms with van der Waals surface area (Å²) in [6.07, 6.45) is 4.34. The van der Waals surface area contributed by atoms with Gasteiger partial charge in [0.1, 0.15) is 11.5 Å². The number of methoxy groups -OCH3 is 2. The second-order valence-electron chi connectivity index (χ2n) is 6.67. The number of benzene rings is 1. The zero-order chi connectivity index (χ0) is 19.3. The van der Waals surface area contributed by atoms with Crippen LogP contribution in [0.4, 0.5) is 5.69 Å². The van der Waals surface area contributed by atoms with Crippen molar-refractivity contribution < 1.29 is 19.1 Å². The highest BCUT2D eigenvalue weighted by Gasteiger charge is 2.37. The lowest BCUT2D eigenvalue weighted by molar-refractivity contribution is -0.136. The van der Waals surface area contributed by atoms with Gasteiger partial charge in [-0.15, -0.1) is 11.3 Å². The number of ether oxygens (including phenoxy) is 2. The molecule has 1 heterocycles. The Bertz CT molecular complexity index is 798. The summed E-state index contributed by atoms with van der Waals surface area (Å²) in [4.78, 5) is 26.0. The van der Waals surface area contributed by atoms with Crippen molar-refractivity contribution in [3.63, 3.8) is 0 Å². The predicted octanol–water partition coefficient (Wildman–Crippen LogP) is 3.33. The van der Waals surface area contributed by atoms with Crippen molar-refractivity contribution in [3.05, 3.63) is 40.6 Å². The van der Waals surface area contributed by atoms with E-state index in [1.165, 1.54) is 12.0 Å². The Labute approximate surface area is 162 Å². The molecule has 2 aromatic rings. The predicted molar refractivity (Wildman–Crippen MR) is 106 cm³/mol. The molecule has 27 heavy (non-hydrogen) atoms. The molecule has 1 aromatic carbocycles. The largest absolute Gasteiger partial charge is 0.497 e. The van der Waals surface area contributed by atoms with E-state index in [2.05, 4.69) is 22.1 Å². The fraction of sp³-hybridized carbons (Fsp3) is 0.400. The lowest BCUT2D eigenvalue weighted by Crippen LogP contribution is -2.43. The number of amides is 2. The van der Waals surface area contributed by atoms with E-state index in [9.17, 15) is 9.59 Å². The summed E-state index contributed by atoms with van der Waals surface area (Å²) in [5.41, 5.74) is 0.370. The third-order valence-corrected chi connectivity index (χ3v) is 6.17. The summed E-state index contributed by atoms with van der Waals surface area (Å²) in [6.45, 7) is 0.472. The van der Waals surface area contributed by atoms with Crippen LogP contribution in [-0.2, 0) is 15.0 Å². The van der Waals surface area contributed by atoms with Crippen molar-refractivity contribution in [2.75, 3.05) is 26.1 Å². The number of anilines is 1. The van der Waals surface area contributed by atoms with Crippen LogP contribution in [0.1, 0.15) is 30.6 Å². The zero-order valence-electron chi connectivity index (χ0n) is 15.5. The Hall–Kier alpha value is -2.54. The van der Waals surface area contributed by atoms with Gasteiger partial charge < -0.3 is 20.1 Å². The Morgan fingerprint density at radius 1 is 1.11 bits per heavy atom. The second-order valence-corrected chi connectivity index (χ2v) is 7.62. The monoisotopic (exact) mass is 388 g/mol. The molecule has 1 saturated carbocycles. The molecule has 0 aliphatic heterocycles. The molecular formula is C20H24N2O4S. The van der Waals surface area contributed by atoms with Crippen LogP contribution in [-0.4, -0.2) is 32.6 Å². The molecule has 0 unspecified atom stereocenters. The molecule has 2 amide bonds. The van der Waals surface area contributed by atoms with Gasteiger partial charge in [-0.2, -0.15) is 0 Å². The molecule has 1 fully saturated rings. The van der Waals surface area contributed by atoms with Crippen LogP contribution in [0.15, 0.2) is 35.7 Å². The smallest absolute Gasteiger partial charge is 0.313 e. The lowest BCUT2D eigenvalue weighted by atomic mass is 9.84. The Kier molecular flexibility index (Phi) is 6.01. The highest BCUT2D eigenvalue weighted by molar-refractivity contribution is 7.10. The first-order valence-electron chi connectivity index (χ1n) is 8.93. The molecule has 0 saturated heterocycles. The molecule has 0 radical (unpaired) electrons. The van der Waals surface area contributed by atoms with Gasteiger partial charge in [0, 0.05) is 22.9 Å². The number of carbonyl (C=O) groups excluding carboxylic acids is 2. The van der Waals surface area contributed by atoms with Crippen molar-refractivity contribution in [1.29, 1.82) is 0 Å². The van der Waals surface area contributed by atoms with Crippen molar-refractivity contribution in [1.82, 2.24) is 5.32 Å². The summed E-state index contributed by atoms with van der Waals surface area (Å²) in [5.74, 6) is -0.316. The minimum Gasteiger partial charge on any atom is -0.497 e. The molecule has 0 atom stereocenters. The van der Waals surface area contributed by atoms with E-state index in [4.69, 9.17) is 9.47 Å². The van der Waals surface area contributed by atoms with Crippen molar-refractivity contribution >= 4 is 28.8 Å². The minimum absolute atomic E-state index is 0.0537. The first kappa shape index (κ1) is 19.2. The standard InChI is InChI=1S/C20H24N2O4S/c1-25-14-7-8-15(16(12-14)26-2)22-19(24)18(23)21-13-20(9-3-4-10-20)17-6-5-11-27-17/h5-8,11-12H,3-4,9-10,13H2,1-2H3,(H,21,23)(H,22,24). The van der Waals surface area contributed by atoms with Gasteiger partial charge in [0.05, 0.1) is 19.9 Å². The molecule has 1 aliphatic carbocycles. The molecule has 144 valence electrons. The van der Waals surface area contributed by atoms with Gasteiger partial charge in [0.15, 0.2) is 0 Å². The minimum atomic E-state index is -0.710. The van der Waals surface area contributed by atoms with Gasteiger partial charge in [-0.05, 0) is 36.4 Å². The first-order valence-corrected chi connectivity index (χ1v) is 9.81. The topological polar surface area (TPSA) is 76.7 Å². The van der Waals surface area contributed by atoms with Crippen LogP contribution in [0.3, 0.4) is 0 Å². The van der Waals surface area contributed by atoms with E-state index >= 15 is 0 Å². The van der Waals surface area contributed by atoms with E-state index in [1.54, 1.807) is 36.6 Å². The summed E-state index contributed by atoms with van der Waals surface area (Å²) >= 11 is 1.71. The maximum Gasteiger partial charge on any atom is 0.313 e. The molecule has 1 aromatic heterocycles. The van der Waals surface area contributed by atoms with Crippen molar-refractivity contribution in [2.24, 2.45) is 0 Å². The first-order chi connectivity index (χ1) is 13.1. The molecule has 2 N–H and O–H groups in total. The SMILES string of the molecule is COc1ccc(NC(=O)C(=O)NCC2(c3cccs3)CCCC2)c(OC)c1. The molecule has 7 heteroatoms. The van der Waals surface area contributed by atoms with Gasteiger partial charge in [-0.25, -0.2) is 0 Å². The van der Waals surface area contributed by atoms with Crippen LogP contribution >= 0.6 is 11.3 Å². The van der Waals surface area contributed by atoms with E-state index in [1.807, 2.05) is 6.07 Å². The number of hydrogen-bond donors (Lipinski definition) is 2. The van der Waals surface area contributed by atoms with E-state index < -0.39 is 11.8 Å². The number of hydrogen-bond acceptors (Lipinski definition) is 5. The molecule has 6 nitrogen and oxygen atoms in total. The van der Waals surface area contributed by atoms with Crippen LogP contribution in [0.25, 0.3) is 0 Å². The molecule has 0 bridgehead atoms. The zero-order valence-corrected chi connectivity index (χ0v) is 16.4. The third-order valence-electron chi connectivity index (χ3n) is 5.05. The van der Waals surface area contributed by atoms with E-state index in [0.29, 0.717) is 23.7 Å². The van der Waals surface area contributed by atoms with Crippen LogP contribution in [0, 0.1) is 0 Å². The van der Waals surface area contributed by atoms with E-state index in [-0.39, 0.29) is 5.41 Å². The molecule has 0 spiro atoms. The highest BCUT2D eigenvalue weighted by atomic mass is 32.1.